The molecule has 3 rings (SSSR count). The molecule has 25 heavy (non-hydrogen) atoms. The number of rotatable bonds is 2. The Morgan fingerprint density at radius 3 is 2.44 bits per heavy atom. The number of fused-ring (bicyclic) bond motifs is 2. The molecule has 2 aliphatic rings. The summed E-state index contributed by atoms with van der Waals surface area (Å²) < 4.78 is 26.0. The zero-order chi connectivity index (χ0) is 18.2. The Morgan fingerprint density at radius 1 is 1.20 bits per heavy atom. The van der Waals surface area contributed by atoms with Gasteiger partial charge in [-0.25, -0.2) is 17.5 Å². The predicted octanol–water partition coefficient (Wildman–Crippen LogP) is 1.87. The van der Waals surface area contributed by atoms with E-state index in [0.717, 1.165) is 12.8 Å². The van der Waals surface area contributed by atoms with E-state index in [9.17, 15) is 13.2 Å². The normalized spacial score (nSPS) is 20.4. The summed E-state index contributed by atoms with van der Waals surface area (Å²) in [5, 5.41) is 0. The van der Waals surface area contributed by atoms with Gasteiger partial charge in [0.2, 0.25) is 10.0 Å². The van der Waals surface area contributed by atoms with Gasteiger partial charge in [0.1, 0.15) is 0 Å². The number of urea groups is 1. The molecular formula is C18H27N3O3S. The van der Waals surface area contributed by atoms with Crippen LogP contribution in [-0.4, -0.2) is 68.0 Å². The SMILES string of the molecule is CCS(=O)(=O)N1CCC2(CC1)CN(C(=O)N(C)C)Cc1ccccc12. The molecule has 0 aliphatic carbocycles. The van der Waals surface area contributed by atoms with Crippen molar-refractivity contribution >= 4 is 16.1 Å². The highest BCUT2D eigenvalue weighted by molar-refractivity contribution is 7.89. The molecule has 0 unspecified atom stereocenters. The molecule has 2 aliphatic heterocycles. The number of nitrogens with zero attached hydrogens (tertiary/aromatic N) is 3. The second kappa shape index (κ2) is 6.61. The van der Waals surface area contributed by atoms with Crippen molar-refractivity contribution in [1.29, 1.82) is 0 Å². The lowest BCUT2D eigenvalue weighted by Gasteiger charge is -2.48. The number of piperidine rings is 1. The third-order valence-corrected chi connectivity index (χ3v) is 7.42. The van der Waals surface area contributed by atoms with Crippen molar-refractivity contribution in [3.63, 3.8) is 0 Å². The van der Waals surface area contributed by atoms with Crippen LogP contribution in [0.2, 0.25) is 0 Å². The Bertz CT molecular complexity index is 753. The molecule has 0 bridgehead atoms. The molecule has 2 heterocycles. The largest absolute Gasteiger partial charge is 0.331 e. The van der Waals surface area contributed by atoms with Gasteiger partial charge in [0.15, 0.2) is 0 Å². The highest BCUT2D eigenvalue weighted by atomic mass is 32.2. The van der Waals surface area contributed by atoms with Gasteiger partial charge in [-0.3, -0.25) is 0 Å². The molecule has 6 nitrogen and oxygen atoms in total. The lowest BCUT2D eigenvalue weighted by Crippen LogP contribution is -2.55. The minimum atomic E-state index is -3.15. The van der Waals surface area contributed by atoms with Gasteiger partial charge in [-0.15, -0.1) is 0 Å². The maximum atomic E-state index is 12.5. The van der Waals surface area contributed by atoms with Crippen molar-refractivity contribution < 1.29 is 13.2 Å². The zero-order valence-electron chi connectivity index (χ0n) is 15.2. The molecule has 0 atom stereocenters. The first-order valence-electron chi connectivity index (χ1n) is 8.81. The summed E-state index contributed by atoms with van der Waals surface area (Å²) >= 11 is 0. The molecule has 1 fully saturated rings. The topological polar surface area (TPSA) is 60.9 Å². The maximum Gasteiger partial charge on any atom is 0.319 e. The lowest BCUT2D eigenvalue weighted by molar-refractivity contribution is 0.119. The number of amides is 2. The van der Waals surface area contributed by atoms with Gasteiger partial charge in [-0.2, -0.15) is 0 Å². The molecule has 1 spiro atoms. The standard InChI is InChI=1S/C18H27N3O3S/c1-4-25(23,24)21-11-9-18(10-12-21)14-20(17(22)19(2)3)13-15-7-5-6-8-16(15)18/h5-8H,4,9-14H2,1-3H3. The molecule has 138 valence electrons. The first-order chi connectivity index (χ1) is 11.8. The van der Waals surface area contributed by atoms with Crippen molar-refractivity contribution in [3.05, 3.63) is 35.4 Å². The summed E-state index contributed by atoms with van der Waals surface area (Å²) in [7, 11) is 0.387. The summed E-state index contributed by atoms with van der Waals surface area (Å²) in [5.74, 6) is 0.141. The van der Waals surface area contributed by atoms with Crippen LogP contribution in [0.15, 0.2) is 24.3 Å². The van der Waals surface area contributed by atoms with E-state index >= 15 is 0 Å². The van der Waals surface area contributed by atoms with Crippen LogP contribution in [0.1, 0.15) is 30.9 Å². The van der Waals surface area contributed by atoms with Crippen molar-refractivity contribution in [2.24, 2.45) is 0 Å². The van der Waals surface area contributed by atoms with Crippen LogP contribution in [0.25, 0.3) is 0 Å². The molecule has 0 radical (unpaired) electrons. The van der Waals surface area contributed by atoms with E-state index in [2.05, 4.69) is 12.1 Å². The van der Waals surface area contributed by atoms with Crippen molar-refractivity contribution in [2.45, 2.75) is 31.7 Å². The second-order valence-corrected chi connectivity index (χ2v) is 9.53. The molecule has 1 aromatic rings. The summed E-state index contributed by atoms with van der Waals surface area (Å²) in [4.78, 5) is 16.1. The summed E-state index contributed by atoms with van der Waals surface area (Å²) in [5.41, 5.74) is 2.31. The van der Waals surface area contributed by atoms with E-state index < -0.39 is 10.0 Å². The minimum absolute atomic E-state index is 0.0116. The van der Waals surface area contributed by atoms with E-state index in [0.29, 0.717) is 26.2 Å². The van der Waals surface area contributed by atoms with Crippen molar-refractivity contribution in [2.75, 3.05) is 39.5 Å². The highest BCUT2D eigenvalue weighted by Crippen LogP contribution is 2.42. The Labute approximate surface area is 150 Å². The first-order valence-corrected chi connectivity index (χ1v) is 10.4. The van der Waals surface area contributed by atoms with Gasteiger partial charge in [0, 0.05) is 45.7 Å². The quantitative estimate of drug-likeness (QED) is 0.804. The van der Waals surface area contributed by atoms with Crippen LogP contribution in [0.3, 0.4) is 0 Å². The maximum absolute atomic E-state index is 12.5. The van der Waals surface area contributed by atoms with Crippen LogP contribution in [0.5, 0.6) is 0 Å². The van der Waals surface area contributed by atoms with Crippen LogP contribution in [-0.2, 0) is 22.0 Å². The Hall–Kier alpha value is -1.60. The molecule has 2 amide bonds. The van der Waals surface area contributed by atoms with Gasteiger partial charge >= 0.3 is 6.03 Å². The second-order valence-electron chi connectivity index (χ2n) is 7.27. The molecule has 0 aromatic heterocycles. The fourth-order valence-electron chi connectivity index (χ4n) is 4.11. The number of carbonyl (C=O) groups is 1. The molecular weight excluding hydrogens is 338 g/mol. The van der Waals surface area contributed by atoms with Gasteiger partial charge in [0.05, 0.1) is 5.75 Å². The van der Waals surface area contributed by atoms with Gasteiger partial charge < -0.3 is 9.80 Å². The van der Waals surface area contributed by atoms with Gasteiger partial charge in [-0.1, -0.05) is 24.3 Å². The fraction of sp³-hybridized carbons (Fsp3) is 0.611. The summed E-state index contributed by atoms with van der Waals surface area (Å²) in [6.07, 6.45) is 1.50. The molecule has 7 heteroatoms. The number of hydrogen-bond donors (Lipinski definition) is 0. The summed E-state index contributed by atoms with van der Waals surface area (Å²) in [6.45, 7) is 4.00. The average Bonchev–Trinajstić information content (AvgIpc) is 2.61. The molecule has 0 saturated carbocycles. The monoisotopic (exact) mass is 365 g/mol. The van der Waals surface area contributed by atoms with E-state index in [1.54, 1.807) is 30.2 Å². The predicted molar refractivity (Wildman–Crippen MR) is 97.9 cm³/mol. The van der Waals surface area contributed by atoms with Crippen LogP contribution in [0, 0.1) is 0 Å². The third kappa shape index (κ3) is 3.27. The minimum Gasteiger partial charge on any atom is -0.331 e. The smallest absolute Gasteiger partial charge is 0.319 e. The first kappa shape index (κ1) is 18.2. The van der Waals surface area contributed by atoms with E-state index in [4.69, 9.17) is 0 Å². The van der Waals surface area contributed by atoms with Crippen LogP contribution >= 0.6 is 0 Å². The zero-order valence-corrected chi connectivity index (χ0v) is 16.1. The number of carbonyl (C=O) groups excluding carboxylic acids is 1. The van der Waals surface area contributed by atoms with E-state index in [1.165, 1.54) is 11.1 Å². The molecule has 1 aromatic carbocycles. The third-order valence-electron chi connectivity index (χ3n) is 5.53. The highest BCUT2D eigenvalue weighted by Gasteiger charge is 2.44. The van der Waals surface area contributed by atoms with Crippen molar-refractivity contribution in [1.82, 2.24) is 14.1 Å². The number of benzene rings is 1. The average molecular weight is 365 g/mol. The van der Waals surface area contributed by atoms with Crippen LogP contribution < -0.4 is 0 Å². The van der Waals surface area contributed by atoms with Crippen LogP contribution in [0.4, 0.5) is 4.79 Å². The number of sulfonamides is 1. The number of hydrogen-bond acceptors (Lipinski definition) is 3. The van der Waals surface area contributed by atoms with Crippen molar-refractivity contribution in [3.8, 4) is 0 Å². The molecule has 1 saturated heterocycles. The Morgan fingerprint density at radius 2 is 1.84 bits per heavy atom. The van der Waals surface area contributed by atoms with Gasteiger partial charge in [0.25, 0.3) is 0 Å². The van der Waals surface area contributed by atoms with E-state index in [-0.39, 0.29) is 17.2 Å². The van der Waals surface area contributed by atoms with E-state index in [1.807, 2.05) is 17.0 Å². The Balaban J connectivity index is 1.91. The Kier molecular flexibility index (Phi) is 4.81. The van der Waals surface area contributed by atoms with Gasteiger partial charge in [-0.05, 0) is 30.9 Å². The summed E-state index contributed by atoms with van der Waals surface area (Å²) in [6, 6.07) is 8.29. The molecule has 0 N–H and O–H groups in total. The fourth-order valence-corrected chi connectivity index (χ4v) is 5.21. The lowest BCUT2D eigenvalue weighted by atomic mass is 9.69.